The fourth-order valence-electron chi connectivity index (χ4n) is 1.66. The molecule has 1 amide bonds. The summed E-state index contributed by atoms with van der Waals surface area (Å²) in [6.07, 6.45) is 0.181. The monoisotopic (exact) mass is 353 g/mol. The Morgan fingerprint density at radius 2 is 1.92 bits per heavy atom. The molecule has 1 aromatic rings. The Bertz CT molecular complexity index is 753. The first-order valence-corrected chi connectivity index (χ1v) is 8.44. The summed E-state index contributed by atoms with van der Waals surface area (Å²) in [5.41, 5.74) is 0.0328. The van der Waals surface area contributed by atoms with Crippen LogP contribution in [0.25, 0.3) is 0 Å². The molecular weight excluding hydrogens is 334 g/mol. The number of nitrogens with zero attached hydrogens (tertiary/aromatic N) is 3. The number of hydrogen-bond acceptors (Lipinski definition) is 6. The molecular formula is C15H19N3O5S. The van der Waals surface area contributed by atoms with Crippen molar-refractivity contribution in [2.24, 2.45) is 0 Å². The van der Waals surface area contributed by atoms with Crippen LogP contribution in [0, 0.1) is 11.3 Å². The van der Waals surface area contributed by atoms with E-state index in [1.54, 1.807) is 0 Å². The average molecular weight is 353 g/mol. The van der Waals surface area contributed by atoms with Crippen LogP contribution in [0.2, 0.25) is 0 Å². The summed E-state index contributed by atoms with van der Waals surface area (Å²) >= 11 is 0. The number of carbonyl (C=O) groups is 2. The van der Waals surface area contributed by atoms with Crippen LogP contribution in [0.4, 0.5) is 0 Å². The molecule has 0 saturated heterocycles. The number of nitriles is 1. The molecule has 0 spiro atoms. The number of esters is 1. The number of likely N-dealkylation sites (N-methyl/N-ethyl adjacent to an activating group) is 1. The number of carbonyl (C=O) groups excluding carboxylic acids is 2. The molecule has 0 aliphatic carbocycles. The lowest BCUT2D eigenvalue weighted by atomic mass is 10.2. The molecule has 24 heavy (non-hydrogen) atoms. The van der Waals surface area contributed by atoms with Gasteiger partial charge in [-0.25, -0.2) is 17.5 Å². The maximum Gasteiger partial charge on any atom is 0.338 e. The molecule has 0 aliphatic rings. The molecule has 0 bridgehead atoms. The van der Waals surface area contributed by atoms with Gasteiger partial charge in [-0.05, 0) is 18.2 Å². The van der Waals surface area contributed by atoms with Gasteiger partial charge in [0.1, 0.15) is 0 Å². The molecule has 1 aromatic carbocycles. The summed E-state index contributed by atoms with van der Waals surface area (Å²) in [7, 11) is 0.600. The second-order valence-corrected chi connectivity index (χ2v) is 7.27. The molecule has 0 unspecified atom stereocenters. The Morgan fingerprint density at radius 1 is 1.25 bits per heavy atom. The molecule has 1 rings (SSSR count). The van der Waals surface area contributed by atoms with E-state index in [1.807, 2.05) is 6.07 Å². The number of hydrogen-bond donors (Lipinski definition) is 0. The minimum Gasteiger partial charge on any atom is -0.452 e. The van der Waals surface area contributed by atoms with E-state index in [1.165, 1.54) is 50.3 Å². The zero-order valence-corrected chi connectivity index (χ0v) is 14.5. The largest absolute Gasteiger partial charge is 0.452 e. The number of amides is 1. The Hall–Kier alpha value is -2.44. The lowest BCUT2D eigenvalue weighted by Gasteiger charge is -2.15. The van der Waals surface area contributed by atoms with Gasteiger partial charge in [0.25, 0.3) is 5.91 Å². The van der Waals surface area contributed by atoms with Crippen LogP contribution >= 0.6 is 0 Å². The Balaban J connectivity index is 2.77. The third-order valence-electron chi connectivity index (χ3n) is 3.16. The lowest BCUT2D eigenvalue weighted by Crippen LogP contribution is -2.32. The summed E-state index contributed by atoms with van der Waals surface area (Å²) in [5, 5.41) is 8.47. The van der Waals surface area contributed by atoms with Gasteiger partial charge < -0.3 is 9.64 Å². The molecule has 0 fully saturated rings. The molecule has 8 nitrogen and oxygen atoms in total. The van der Waals surface area contributed by atoms with E-state index >= 15 is 0 Å². The van der Waals surface area contributed by atoms with Crippen LogP contribution in [0.15, 0.2) is 29.2 Å². The second kappa shape index (κ2) is 8.42. The highest BCUT2D eigenvalue weighted by Crippen LogP contribution is 2.15. The summed E-state index contributed by atoms with van der Waals surface area (Å²) in [6, 6.07) is 7.30. The Labute approximate surface area is 141 Å². The van der Waals surface area contributed by atoms with Crippen molar-refractivity contribution in [3.05, 3.63) is 29.8 Å². The maximum absolute atomic E-state index is 12.0. The van der Waals surface area contributed by atoms with Crippen LogP contribution in [-0.4, -0.2) is 63.8 Å². The van der Waals surface area contributed by atoms with Gasteiger partial charge >= 0.3 is 5.97 Å². The summed E-state index contributed by atoms with van der Waals surface area (Å²) in [4.78, 5) is 25.0. The molecule has 0 N–H and O–H groups in total. The van der Waals surface area contributed by atoms with Crippen LogP contribution in [0.1, 0.15) is 16.8 Å². The van der Waals surface area contributed by atoms with Gasteiger partial charge in [-0.3, -0.25) is 4.79 Å². The van der Waals surface area contributed by atoms with Crippen molar-refractivity contribution in [1.29, 1.82) is 5.26 Å². The fraction of sp³-hybridized carbons (Fsp3) is 0.400. The minimum absolute atomic E-state index is 0.0328. The van der Waals surface area contributed by atoms with E-state index in [0.29, 0.717) is 0 Å². The highest BCUT2D eigenvalue weighted by Gasteiger charge is 2.20. The van der Waals surface area contributed by atoms with Crippen molar-refractivity contribution >= 4 is 21.9 Å². The smallest absolute Gasteiger partial charge is 0.338 e. The number of benzene rings is 1. The number of rotatable bonds is 7. The average Bonchev–Trinajstić information content (AvgIpc) is 2.56. The zero-order valence-electron chi connectivity index (χ0n) is 13.7. The highest BCUT2D eigenvalue weighted by atomic mass is 32.2. The standard InChI is InChI=1S/C15H19N3O5S/c1-17(2)24(21,22)13-7-4-6-12(10-13)15(20)23-11-14(19)18(3)9-5-8-16/h4,6-7,10H,5,9,11H2,1-3H3. The number of sulfonamides is 1. The van der Waals surface area contributed by atoms with E-state index in [2.05, 4.69) is 0 Å². The van der Waals surface area contributed by atoms with E-state index in [4.69, 9.17) is 10.00 Å². The Morgan fingerprint density at radius 3 is 2.50 bits per heavy atom. The molecule has 0 aromatic heterocycles. The summed E-state index contributed by atoms with van der Waals surface area (Å²) in [5.74, 6) is -1.25. The molecule has 130 valence electrons. The second-order valence-electron chi connectivity index (χ2n) is 5.11. The van der Waals surface area contributed by atoms with E-state index in [0.717, 1.165) is 4.31 Å². The third kappa shape index (κ3) is 5.04. The van der Waals surface area contributed by atoms with Crippen LogP contribution in [0.3, 0.4) is 0 Å². The molecule has 0 heterocycles. The van der Waals surface area contributed by atoms with Gasteiger partial charge in [0.05, 0.1) is 22.9 Å². The molecule has 0 atom stereocenters. The molecule has 9 heteroatoms. The SMILES string of the molecule is CN(CCC#N)C(=O)COC(=O)c1cccc(S(=O)(=O)N(C)C)c1. The zero-order chi connectivity index (χ0) is 18.3. The number of ether oxygens (including phenoxy) is 1. The van der Waals surface area contributed by atoms with Crippen LogP contribution in [-0.2, 0) is 19.6 Å². The molecule has 0 saturated carbocycles. The predicted molar refractivity (Wildman–Crippen MR) is 85.5 cm³/mol. The van der Waals surface area contributed by atoms with Crippen molar-refractivity contribution < 1.29 is 22.7 Å². The summed E-state index contributed by atoms with van der Waals surface area (Å²) < 4.78 is 30.0. The minimum atomic E-state index is -3.67. The quantitative estimate of drug-likeness (QED) is 0.659. The molecule has 0 aliphatic heterocycles. The van der Waals surface area contributed by atoms with Crippen molar-refractivity contribution in [1.82, 2.24) is 9.21 Å². The van der Waals surface area contributed by atoms with Gasteiger partial charge in [-0.2, -0.15) is 5.26 Å². The lowest BCUT2D eigenvalue weighted by molar-refractivity contribution is -0.133. The van der Waals surface area contributed by atoms with Gasteiger partial charge in [-0.15, -0.1) is 0 Å². The first kappa shape index (κ1) is 19.6. The van der Waals surface area contributed by atoms with Crippen LogP contribution in [0.5, 0.6) is 0 Å². The van der Waals surface area contributed by atoms with E-state index in [-0.39, 0.29) is 23.4 Å². The topological polar surface area (TPSA) is 108 Å². The first-order valence-electron chi connectivity index (χ1n) is 7.00. The maximum atomic E-state index is 12.0. The predicted octanol–water partition coefficient (Wildman–Crippen LogP) is 0.466. The normalized spacial score (nSPS) is 11.0. The Kier molecular flexibility index (Phi) is 6.88. The van der Waals surface area contributed by atoms with Gasteiger partial charge in [0.2, 0.25) is 10.0 Å². The van der Waals surface area contributed by atoms with Gasteiger partial charge in [0, 0.05) is 27.7 Å². The summed E-state index contributed by atoms with van der Waals surface area (Å²) in [6.45, 7) is -0.241. The van der Waals surface area contributed by atoms with E-state index < -0.39 is 28.5 Å². The van der Waals surface area contributed by atoms with Gasteiger partial charge in [0.15, 0.2) is 6.61 Å². The van der Waals surface area contributed by atoms with Crippen molar-refractivity contribution in [2.45, 2.75) is 11.3 Å². The van der Waals surface area contributed by atoms with Crippen molar-refractivity contribution in [3.8, 4) is 6.07 Å². The fourth-order valence-corrected chi connectivity index (χ4v) is 2.61. The van der Waals surface area contributed by atoms with E-state index in [9.17, 15) is 18.0 Å². The van der Waals surface area contributed by atoms with Gasteiger partial charge in [-0.1, -0.05) is 6.07 Å². The first-order chi connectivity index (χ1) is 11.2. The highest BCUT2D eigenvalue weighted by molar-refractivity contribution is 7.89. The molecule has 0 radical (unpaired) electrons. The van der Waals surface area contributed by atoms with Crippen molar-refractivity contribution in [2.75, 3.05) is 34.3 Å². The van der Waals surface area contributed by atoms with Crippen LogP contribution < -0.4 is 0 Å². The third-order valence-corrected chi connectivity index (χ3v) is 4.97. The van der Waals surface area contributed by atoms with Crippen molar-refractivity contribution in [3.63, 3.8) is 0 Å².